The number of carbonyl (C=O) groups excluding carboxylic acids is 2. The van der Waals surface area contributed by atoms with Gasteiger partial charge < -0.3 is 14.2 Å². The predicted molar refractivity (Wildman–Crippen MR) is 118 cm³/mol. The average Bonchev–Trinajstić information content (AvgIpc) is 3.40. The minimum absolute atomic E-state index is 0.0114. The van der Waals surface area contributed by atoms with E-state index in [2.05, 4.69) is 5.10 Å². The van der Waals surface area contributed by atoms with Crippen molar-refractivity contribution in [3.63, 3.8) is 0 Å². The van der Waals surface area contributed by atoms with Gasteiger partial charge in [0.15, 0.2) is 11.5 Å². The van der Waals surface area contributed by atoms with Crippen LogP contribution in [-0.2, 0) is 11.8 Å². The van der Waals surface area contributed by atoms with Crippen LogP contribution in [0.5, 0.6) is 17.2 Å². The lowest BCUT2D eigenvalue weighted by molar-refractivity contribution is -0.137. The summed E-state index contributed by atoms with van der Waals surface area (Å²) in [6.07, 6.45) is -3.11. The van der Waals surface area contributed by atoms with Crippen molar-refractivity contribution in [3.8, 4) is 22.9 Å². The van der Waals surface area contributed by atoms with Gasteiger partial charge in [-0.25, -0.2) is 4.68 Å². The van der Waals surface area contributed by atoms with Crippen LogP contribution in [-0.4, -0.2) is 35.6 Å². The minimum atomic E-state index is -4.49. The molecule has 182 valence electrons. The summed E-state index contributed by atoms with van der Waals surface area (Å²) in [5.74, 6) is -0.876. The van der Waals surface area contributed by atoms with E-state index in [1.165, 1.54) is 43.3 Å². The second kappa shape index (κ2) is 7.74. The molecule has 0 unspecified atom stereocenters. The van der Waals surface area contributed by atoms with Gasteiger partial charge in [0.25, 0.3) is 0 Å². The van der Waals surface area contributed by atoms with Gasteiger partial charge in [-0.05, 0) is 24.3 Å². The Morgan fingerprint density at radius 2 is 1.80 bits per heavy atom. The normalized spacial score (nSPS) is 21.1. The predicted octanol–water partition coefficient (Wildman–Crippen LogP) is 5.25. The third kappa shape index (κ3) is 3.23. The first kappa shape index (κ1) is 23.2. The van der Waals surface area contributed by atoms with Gasteiger partial charge in [0.1, 0.15) is 27.8 Å². The van der Waals surface area contributed by atoms with Crippen LogP contribution < -0.4 is 14.2 Å². The Morgan fingerprint density at radius 1 is 1.14 bits per heavy atom. The fourth-order valence-corrected chi connectivity index (χ4v) is 4.90. The highest BCUT2D eigenvalue weighted by molar-refractivity contribution is 6.35. The van der Waals surface area contributed by atoms with Crippen LogP contribution in [0.2, 0.25) is 5.02 Å². The number of hydrogen-bond donors (Lipinski definition) is 0. The average molecular weight is 507 g/mol. The molecular weight excluding hydrogens is 489 g/mol. The van der Waals surface area contributed by atoms with Gasteiger partial charge in [-0.2, -0.15) is 18.3 Å². The molecule has 1 aromatic heterocycles. The topological polar surface area (TPSA) is 79.7 Å². The summed E-state index contributed by atoms with van der Waals surface area (Å²) in [5.41, 5.74) is -1.89. The molecule has 7 nitrogen and oxygen atoms in total. The Bertz CT molecular complexity index is 1380. The van der Waals surface area contributed by atoms with Gasteiger partial charge in [-0.1, -0.05) is 18.5 Å². The first-order valence-electron chi connectivity index (χ1n) is 10.5. The number of aromatic nitrogens is 2. The van der Waals surface area contributed by atoms with E-state index in [1.807, 2.05) is 0 Å². The van der Waals surface area contributed by atoms with E-state index in [-0.39, 0.29) is 57.0 Å². The second-order valence-electron chi connectivity index (χ2n) is 8.37. The number of Topliss-reactive ketones (excluding diaryl/α,β-unsaturated/α-hetero) is 2. The zero-order chi connectivity index (χ0) is 25.3. The highest BCUT2D eigenvalue weighted by Gasteiger charge is 2.61. The summed E-state index contributed by atoms with van der Waals surface area (Å²) >= 11 is 6.46. The molecule has 2 atom stereocenters. The fourth-order valence-electron chi connectivity index (χ4n) is 4.63. The van der Waals surface area contributed by atoms with Crippen LogP contribution in [0.15, 0.2) is 36.5 Å². The van der Waals surface area contributed by atoms with Crippen LogP contribution in [0.4, 0.5) is 13.2 Å². The molecule has 0 saturated carbocycles. The fraction of sp³-hybridized carbons (Fsp3) is 0.292. The van der Waals surface area contributed by atoms with E-state index in [0.29, 0.717) is 0 Å². The molecule has 0 N–H and O–H groups in total. The maximum atomic E-state index is 13.9. The molecule has 0 fully saturated rings. The number of alkyl halides is 3. The molecule has 3 aromatic rings. The molecule has 1 spiro atoms. The largest absolute Gasteiger partial charge is 0.496 e. The number of hydrogen-bond acceptors (Lipinski definition) is 6. The van der Waals surface area contributed by atoms with Gasteiger partial charge in [0.05, 0.1) is 31.0 Å². The summed E-state index contributed by atoms with van der Waals surface area (Å²) in [7, 11) is 2.80. The summed E-state index contributed by atoms with van der Waals surface area (Å²) in [6.45, 7) is 1.69. The Balaban J connectivity index is 1.67. The van der Waals surface area contributed by atoms with Crippen LogP contribution in [0.25, 0.3) is 5.69 Å². The third-order valence-corrected chi connectivity index (χ3v) is 6.79. The van der Waals surface area contributed by atoms with Crippen LogP contribution in [0.3, 0.4) is 0 Å². The first-order chi connectivity index (χ1) is 16.5. The number of ether oxygens (including phenoxy) is 3. The van der Waals surface area contributed by atoms with Gasteiger partial charge in [-0.3, -0.25) is 9.59 Å². The molecule has 11 heteroatoms. The molecule has 35 heavy (non-hydrogen) atoms. The molecule has 1 aliphatic carbocycles. The number of ketones is 2. The number of halogens is 4. The number of rotatable bonds is 3. The molecule has 0 amide bonds. The molecule has 0 radical (unpaired) electrons. The number of methoxy groups -OCH3 is 2. The summed E-state index contributed by atoms with van der Waals surface area (Å²) in [6, 6.07) is 5.78. The molecule has 2 heterocycles. The number of fused-ring (bicyclic) bond motifs is 3. The lowest BCUT2D eigenvalue weighted by Gasteiger charge is -2.35. The molecule has 2 aromatic carbocycles. The maximum Gasteiger partial charge on any atom is 0.416 e. The van der Waals surface area contributed by atoms with Gasteiger partial charge in [0.2, 0.25) is 11.4 Å². The highest BCUT2D eigenvalue weighted by atomic mass is 35.5. The zero-order valence-electron chi connectivity index (χ0n) is 18.7. The highest BCUT2D eigenvalue weighted by Crippen LogP contribution is 2.56. The summed E-state index contributed by atoms with van der Waals surface area (Å²) < 4.78 is 57.1. The zero-order valence-corrected chi connectivity index (χ0v) is 19.5. The van der Waals surface area contributed by atoms with E-state index in [0.717, 1.165) is 12.1 Å². The van der Waals surface area contributed by atoms with E-state index >= 15 is 0 Å². The molecule has 1 aliphatic heterocycles. The van der Waals surface area contributed by atoms with Crippen molar-refractivity contribution >= 4 is 23.2 Å². The van der Waals surface area contributed by atoms with Crippen molar-refractivity contribution in [3.05, 3.63) is 63.9 Å². The molecule has 2 aliphatic rings. The Morgan fingerprint density at radius 3 is 2.40 bits per heavy atom. The summed E-state index contributed by atoms with van der Waals surface area (Å²) in [4.78, 5) is 26.8. The van der Waals surface area contributed by atoms with Crippen molar-refractivity contribution in [2.45, 2.75) is 25.1 Å². The number of nitrogens with zero attached hydrogens (tertiary/aromatic N) is 2. The van der Waals surface area contributed by atoms with Crippen LogP contribution in [0, 0.1) is 5.92 Å². The minimum Gasteiger partial charge on any atom is -0.496 e. The van der Waals surface area contributed by atoms with Gasteiger partial charge >= 0.3 is 6.18 Å². The van der Waals surface area contributed by atoms with Gasteiger partial charge in [0, 0.05) is 24.6 Å². The van der Waals surface area contributed by atoms with E-state index in [1.54, 1.807) is 6.92 Å². The number of benzene rings is 2. The SMILES string of the molecule is COc1cc(OC)c2c(c1Cl)O[C@]1(C2=O)c2nn(-c3ccc(C(F)(F)F)cc3)cc2C(=O)C[C@H]1C. The van der Waals surface area contributed by atoms with Crippen molar-refractivity contribution < 1.29 is 37.0 Å². The second-order valence-corrected chi connectivity index (χ2v) is 8.75. The van der Waals surface area contributed by atoms with Crippen molar-refractivity contribution in [2.24, 2.45) is 5.92 Å². The Kier molecular flexibility index (Phi) is 5.14. The van der Waals surface area contributed by atoms with E-state index < -0.39 is 29.0 Å². The monoisotopic (exact) mass is 506 g/mol. The lowest BCUT2D eigenvalue weighted by atomic mass is 9.72. The van der Waals surface area contributed by atoms with E-state index in [4.69, 9.17) is 25.8 Å². The molecule has 5 rings (SSSR count). The van der Waals surface area contributed by atoms with Crippen molar-refractivity contribution in [1.82, 2.24) is 9.78 Å². The molecule has 0 saturated heterocycles. The number of carbonyl (C=O) groups is 2. The summed E-state index contributed by atoms with van der Waals surface area (Å²) in [5, 5.41) is 4.53. The lowest BCUT2D eigenvalue weighted by Crippen LogP contribution is -2.48. The van der Waals surface area contributed by atoms with Gasteiger partial charge in [-0.15, -0.1) is 0 Å². The Hall–Kier alpha value is -3.53. The first-order valence-corrected chi connectivity index (χ1v) is 10.9. The van der Waals surface area contributed by atoms with Crippen LogP contribution in [0.1, 0.15) is 45.3 Å². The standard InChI is InChI=1S/C24H18ClF3N2O5/c1-11-8-15(31)14-10-30(13-6-4-12(5-7-13)24(26,27)28)29-21(14)23(11)22(32)18-16(33-2)9-17(34-3)19(25)20(18)35-23/h4-7,9-11H,8H2,1-3H3/t11-,23+/m1/s1. The smallest absolute Gasteiger partial charge is 0.416 e. The molecule has 0 bridgehead atoms. The van der Waals surface area contributed by atoms with Crippen molar-refractivity contribution in [2.75, 3.05) is 14.2 Å². The van der Waals surface area contributed by atoms with Crippen molar-refractivity contribution in [1.29, 1.82) is 0 Å². The quantitative estimate of drug-likeness (QED) is 0.482. The van der Waals surface area contributed by atoms with Crippen LogP contribution >= 0.6 is 11.6 Å². The van der Waals surface area contributed by atoms with E-state index in [9.17, 15) is 22.8 Å². The maximum absolute atomic E-state index is 13.9. The molecular formula is C24H18ClF3N2O5. The Labute approximate surface area is 202 Å². The third-order valence-electron chi connectivity index (χ3n) is 6.43.